The van der Waals surface area contributed by atoms with Crippen molar-refractivity contribution in [2.75, 3.05) is 10.6 Å². The van der Waals surface area contributed by atoms with Gasteiger partial charge >= 0.3 is 0 Å². The van der Waals surface area contributed by atoms with Crippen LogP contribution in [0.1, 0.15) is 30.8 Å². The number of hydrogen-bond acceptors (Lipinski definition) is 4. The molecule has 0 fully saturated rings. The lowest BCUT2D eigenvalue weighted by atomic mass is 10.2. The van der Waals surface area contributed by atoms with E-state index in [4.69, 9.17) is 23.2 Å². The number of carbonyl (C=O) groups is 1. The van der Waals surface area contributed by atoms with E-state index in [1.54, 1.807) is 24.3 Å². The maximum absolute atomic E-state index is 12.2. The number of benzene rings is 1. The van der Waals surface area contributed by atoms with E-state index in [0.717, 1.165) is 6.42 Å². The van der Waals surface area contributed by atoms with Crippen LogP contribution in [-0.2, 0) is 0 Å². The molecular formula is C15H16Cl2N4O. The summed E-state index contributed by atoms with van der Waals surface area (Å²) in [6.07, 6.45) is 2.31. The first-order valence-corrected chi connectivity index (χ1v) is 7.60. The van der Waals surface area contributed by atoms with Crippen molar-refractivity contribution >= 4 is 40.6 Å². The molecule has 2 rings (SSSR count). The van der Waals surface area contributed by atoms with E-state index in [2.05, 4.69) is 27.5 Å². The smallest absolute Gasteiger partial charge is 0.274 e. The van der Waals surface area contributed by atoms with Crippen LogP contribution in [0, 0.1) is 0 Å². The molecule has 5 nitrogen and oxygen atoms in total. The Balaban J connectivity index is 2.12. The van der Waals surface area contributed by atoms with Crippen molar-refractivity contribution in [3.05, 3.63) is 46.3 Å². The summed E-state index contributed by atoms with van der Waals surface area (Å²) >= 11 is 11.8. The minimum atomic E-state index is -0.340. The van der Waals surface area contributed by atoms with Crippen LogP contribution < -0.4 is 10.6 Å². The zero-order valence-electron chi connectivity index (χ0n) is 12.2. The Labute approximate surface area is 139 Å². The number of nitrogens with zero attached hydrogens (tertiary/aromatic N) is 2. The Hall–Kier alpha value is -1.85. The largest absolute Gasteiger partial charge is 0.368 e. The molecule has 0 radical (unpaired) electrons. The van der Waals surface area contributed by atoms with Gasteiger partial charge in [0.2, 0.25) is 0 Å². The quantitative estimate of drug-likeness (QED) is 0.855. The molecule has 1 unspecified atom stereocenters. The molecule has 116 valence electrons. The molecule has 1 aromatic heterocycles. The highest BCUT2D eigenvalue weighted by molar-refractivity contribution is 6.42. The third-order valence-corrected chi connectivity index (χ3v) is 3.82. The van der Waals surface area contributed by atoms with Gasteiger partial charge in [-0.15, -0.1) is 0 Å². The topological polar surface area (TPSA) is 66.9 Å². The Morgan fingerprint density at radius 2 is 2.00 bits per heavy atom. The number of rotatable bonds is 5. The summed E-state index contributed by atoms with van der Waals surface area (Å²) < 4.78 is 0. The van der Waals surface area contributed by atoms with Gasteiger partial charge in [-0.1, -0.05) is 30.1 Å². The van der Waals surface area contributed by atoms with Crippen molar-refractivity contribution in [2.45, 2.75) is 26.3 Å². The van der Waals surface area contributed by atoms with Crippen LogP contribution in [0.3, 0.4) is 0 Å². The van der Waals surface area contributed by atoms with Gasteiger partial charge in [0, 0.05) is 17.8 Å². The molecule has 1 heterocycles. The van der Waals surface area contributed by atoms with E-state index < -0.39 is 0 Å². The molecule has 0 saturated heterocycles. The highest BCUT2D eigenvalue weighted by Crippen LogP contribution is 2.25. The number of nitrogens with one attached hydrogen (secondary N) is 2. The first-order chi connectivity index (χ1) is 10.5. The number of carbonyl (C=O) groups excluding carboxylic acids is 1. The Morgan fingerprint density at radius 1 is 1.23 bits per heavy atom. The lowest BCUT2D eigenvalue weighted by molar-refractivity contribution is 0.102. The second-order valence-electron chi connectivity index (χ2n) is 4.83. The fraction of sp³-hybridized carbons (Fsp3) is 0.267. The summed E-state index contributed by atoms with van der Waals surface area (Å²) in [4.78, 5) is 20.3. The molecule has 1 aromatic carbocycles. The maximum Gasteiger partial charge on any atom is 0.274 e. The highest BCUT2D eigenvalue weighted by Gasteiger charge is 2.11. The molecule has 1 atom stereocenters. The second-order valence-corrected chi connectivity index (χ2v) is 5.64. The molecule has 0 bridgehead atoms. The molecule has 0 saturated carbocycles. The normalized spacial score (nSPS) is 11.8. The maximum atomic E-state index is 12.2. The first kappa shape index (κ1) is 16.5. The van der Waals surface area contributed by atoms with Crippen molar-refractivity contribution in [2.24, 2.45) is 0 Å². The van der Waals surface area contributed by atoms with Crippen LogP contribution in [0.2, 0.25) is 10.0 Å². The predicted molar refractivity (Wildman–Crippen MR) is 89.8 cm³/mol. The van der Waals surface area contributed by atoms with Gasteiger partial charge in [0.25, 0.3) is 5.91 Å². The van der Waals surface area contributed by atoms with Crippen molar-refractivity contribution in [3.8, 4) is 0 Å². The van der Waals surface area contributed by atoms with Crippen molar-refractivity contribution in [3.63, 3.8) is 0 Å². The van der Waals surface area contributed by atoms with E-state index >= 15 is 0 Å². The first-order valence-electron chi connectivity index (χ1n) is 6.84. The summed E-state index contributed by atoms with van der Waals surface area (Å²) in [5.41, 5.74) is 0.821. The predicted octanol–water partition coefficient (Wildman–Crippen LogP) is 4.25. The lowest BCUT2D eigenvalue weighted by Crippen LogP contribution is -2.17. The third kappa shape index (κ3) is 4.32. The number of amides is 1. The number of halogens is 2. The SMILES string of the molecule is CCC(C)Nc1cc(C(=O)Nc2ccc(Cl)c(Cl)c2)ncn1. The molecule has 0 aliphatic rings. The minimum absolute atomic E-state index is 0.265. The molecular weight excluding hydrogens is 323 g/mol. The molecule has 0 aliphatic carbocycles. The molecule has 2 aromatic rings. The van der Waals surface area contributed by atoms with Gasteiger partial charge in [0.05, 0.1) is 10.0 Å². The number of aromatic nitrogens is 2. The average Bonchev–Trinajstić information content (AvgIpc) is 2.51. The lowest BCUT2D eigenvalue weighted by Gasteiger charge is -2.12. The van der Waals surface area contributed by atoms with Crippen LogP contribution in [-0.4, -0.2) is 21.9 Å². The molecule has 0 aliphatic heterocycles. The van der Waals surface area contributed by atoms with Gasteiger partial charge in [-0.25, -0.2) is 9.97 Å². The Morgan fingerprint density at radius 3 is 2.68 bits per heavy atom. The van der Waals surface area contributed by atoms with E-state index in [9.17, 15) is 4.79 Å². The van der Waals surface area contributed by atoms with Gasteiger partial charge in [-0.3, -0.25) is 4.79 Å². The molecule has 0 spiro atoms. The summed E-state index contributed by atoms with van der Waals surface area (Å²) in [6.45, 7) is 4.11. The van der Waals surface area contributed by atoms with E-state index in [-0.39, 0.29) is 17.6 Å². The molecule has 7 heteroatoms. The number of anilines is 2. The summed E-state index contributed by atoms with van der Waals surface area (Å²) in [5.74, 6) is 0.275. The summed E-state index contributed by atoms with van der Waals surface area (Å²) in [7, 11) is 0. The van der Waals surface area contributed by atoms with Gasteiger partial charge in [-0.05, 0) is 31.5 Å². The fourth-order valence-corrected chi connectivity index (χ4v) is 1.98. The van der Waals surface area contributed by atoms with Gasteiger partial charge in [0.1, 0.15) is 17.8 Å². The van der Waals surface area contributed by atoms with Crippen LogP contribution in [0.15, 0.2) is 30.6 Å². The third-order valence-electron chi connectivity index (χ3n) is 3.08. The van der Waals surface area contributed by atoms with Gasteiger partial charge < -0.3 is 10.6 Å². The van der Waals surface area contributed by atoms with Crippen molar-refractivity contribution in [1.29, 1.82) is 0 Å². The van der Waals surface area contributed by atoms with Crippen molar-refractivity contribution in [1.82, 2.24) is 9.97 Å². The van der Waals surface area contributed by atoms with Crippen LogP contribution in [0.5, 0.6) is 0 Å². The summed E-state index contributed by atoms with van der Waals surface area (Å²) in [6, 6.07) is 6.75. The van der Waals surface area contributed by atoms with Crippen LogP contribution >= 0.6 is 23.2 Å². The Bertz CT molecular complexity index is 678. The van der Waals surface area contributed by atoms with E-state index in [1.165, 1.54) is 6.33 Å². The summed E-state index contributed by atoms with van der Waals surface area (Å²) in [5, 5.41) is 6.73. The zero-order valence-corrected chi connectivity index (χ0v) is 13.7. The van der Waals surface area contributed by atoms with Crippen LogP contribution in [0.25, 0.3) is 0 Å². The van der Waals surface area contributed by atoms with E-state index in [0.29, 0.717) is 21.6 Å². The zero-order chi connectivity index (χ0) is 16.1. The average molecular weight is 339 g/mol. The van der Waals surface area contributed by atoms with E-state index in [1.807, 2.05) is 6.92 Å². The highest BCUT2D eigenvalue weighted by atomic mass is 35.5. The minimum Gasteiger partial charge on any atom is -0.368 e. The Kier molecular flexibility index (Phi) is 5.57. The van der Waals surface area contributed by atoms with Crippen LogP contribution in [0.4, 0.5) is 11.5 Å². The van der Waals surface area contributed by atoms with Gasteiger partial charge in [-0.2, -0.15) is 0 Å². The molecule has 2 N–H and O–H groups in total. The number of hydrogen-bond donors (Lipinski definition) is 2. The molecule has 22 heavy (non-hydrogen) atoms. The molecule has 1 amide bonds. The monoisotopic (exact) mass is 338 g/mol. The fourth-order valence-electron chi connectivity index (χ4n) is 1.68. The van der Waals surface area contributed by atoms with Gasteiger partial charge in [0.15, 0.2) is 0 Å². The standard InChI is InChI=1S/C15H16Cl2N4O/c1-3-9(2)20-14-7-13(18-8-19-14)15(22)21-10-4-5-11(16)12(17)6-10/h4-9H,3H2,1-2H3,(H,21,22)(H,18,19,20). The second kappa shape index (κ2) is 7.42. The van der Waals surface area contributed by atoms with Crippen molar-refractivity contribution < 1.29 is 4.79 Å².